The van der Waals surface area contributed by atoms with Gasteiger partial charge in [0.2, 0.25) is 0 Å². The Morgan fingerprint density at radius 2 is 1.58 bits per heavy atom. The molecule has 0 atom stereocenters. The second-order valence-corrected chi connectivity index (χ2v) is 3.74. The lowest BCUT2D eigenvalue weighted by atomic mass is 9.78. The molecule has 1 aliphatic rings. The maximum absolute atomic E-state index is 11.6. The Morgan fingerprint density at radius 1 is 1.17 bits per heavy atom. The van der Waals surface area contributed by atoms with Gasteiger partial charge < -0.3 is 0 Å². The zero-order chi connectivity index (χ0) is 9.19. The van der Waals surface area contributed by atoms with E-state index >= 15 is 0 Å². The van der Waals surface area contributed by atoms with Crippen LogP contribution >= 0.6 is 0 Å². The van der Waals surface area contributed by atoms with E-state index < -0.39 is 5.41 Å². The summed E-state index contributed by atoms with van der Waals surface area (Å²) in [6, 6.07) is 0. The molecule has 0 radical (unpaired) electrons. The number of carbonyl (C=O) groups is 2. The standard InChI is InChI=1S/C10H16O2/c1-3-10(2)8(11)6-4-5-7-9(10)12/h3-7H2,1-2H3. The Bertz CT molecular complexity index is 188. The summed E-state index contributed by atoms with van der Waals surface area (Å²) < 4.78 is 0. The van der Waals surface area contributed by atoms with Crippen LogP contribution in [0.2, 0.25) is 0 Å². The molecule has 0 saturated heterocycles. The number of Topliss-reactive ketones (excluding diaryl/α,β-unsaturated/α-hetero) is 2. The quantitative estimate of drug-likeness (QED) is 0.444. The zero-order valence-electron chi connectivity index (χ0n) is 7.85. The fourth-order valence-electron chi connectivity index (χ4n) is 1.67. The maximum atomic E-state index is 11.6. The summed E-state index contributed by atoms with van der Waals surface area (Å²) in [5.74, 6) is 0.292. The molecule has 0 aromatic carbocycles. The predicted octanol–water partition coefficient (Wildman–Crippen LogP) is 2.11. The SMILES string of the molecule is CCC1(C)C(=O)CCCCC1=O. The average molecular weight is 168 g/mol. The van der Waals surface area contributed by atoms with E-state index in [1.807, 2.05) is 6.92 Å². The van der Waals surface area contributed by atoms with Crippen molar-refractivity contribution in [1.29, 1.82) is 0 Å². The van der Waals surface area contributed by atoms with E-state index in [0.29, 0.717) is 19.3 Å². The van der Waals surface area contributed by atoms with Crippen molar-refractivity contribution in [2.24, 2.45) is 5.41 Å². The lowest BCUT2D eigenvalue weighted by molar-refractivity contribution is -0.139. The minimum atomic E-state index is -0.656. The van der Waals surface area contributed by atoms with Gasteiger partial charge in [0.1, 0.15) is 11.6 Å². The molecule has 1 fully saturated rings. The van der Waals surface area contributed by atoms with Gasteiger partial charge in [-0.25, -0.2) is 0 Å². The third-order valence-corrected chi connectivity index (χ3v) is 3.00. The Morgan fingerprint density at radius 3 is 1.92 bits per heavy atom. The highest BCUT2D eigenvalue weighted by Crippen LogP contribution is 2.31. The summed E-state index contributed by atoms with van der Waals surface area (Å²) in [5, 5.41) is 0. The van der Waals surface area contributed by atoms with Gasteiger partial charge in [0.15, 0.2) is 0 Å². The molecule has 1 aliphatic carbocycles. The van der Waals surface area contributed by atoms with Crippen LogP contribution in [0, 0.1) is 5.41 Å². The van der Waals surface area contributed by atoms with Crippen LogP contribution in [0.25, 0.3) is 0 Å². The van der Waals surface area contributed by atoms with Crippen LogP contribution in [0.15, 0.2) is 0 Å². The van der Waals surface area contributed by atoms with Crippen molar-refractivity contribution in [2.75, 3.05) is 0 Å². The van der Waals surface area contributed by atoms with Crippen LogP contribution in [0.3, 0.4) is 0 Å². The van der Waals surface area contributed by atoms with Gasteiger partial charge in [-0.05, 0) is 26.2 Å². The molecule has 0 unspecified atom stereocenters. The van der Waals surface area contributed by atoms with Crippen LogP contribution < -0.4 is 0 Å². The van der Waals surface area contributed by atoms with Gasteiger partial charge in [-0.1, -0.05) is 6.92 Å². The molecule has 0 bridgehead atoms. The van der Waals surface area contributed by atoms with Crippen LogP contribution in [0.1, 0.15) is 46.0 Å². The van der Waals surface area contributed by atoms with Crippen molar-refractivity contribution in [1.82, 2.24) is 0 Å². The highest BCUT2D eigenvalue weighted by molar-refractivity contribution is 6.07. The first kappa shape index (κ1) is 9.43. The summed E-state index contributed by atoms with van der Waals surface area (Å²) in [7, 11) is 0. The first-order valence-corrected chi connectivity index (χ1v) is 4.68. The average Bonchev–Trinajstić information content (AvgIpc) is 2.19. The van der Waals surface area contributed by atoms with E-state index in [-0.39, 0.29) is 11.6 Å². The molecule has 68 valence electrons. The molecule has 1 rings (SSSR count). The van der Waals surface area contributed by atoms with Crippen molar-refractivity contribution in [3.05, 3.63) is 0 Å². The van der Waals surface area contributed by atoms with E-state index in [1.165, 1.54) is 0 Å². The highest BCUT2D eigenvalue weighted by Gasteiger charge is 2.38. The first-order chi connectivity index (χ1) is 5.61. The number of carbonyl (C=O) groups excluding carboxylic acids is 2. The summed E-state index contributed by atoms with van der Waals surface area (Å²) in [6.07, 6.45) is 3.62. The van der Waals surface area contributed by atoms with E-state index in [1.54, 1.807) is 6.92 Å². The van der Waals surface area contributed by atoms with Crippen LogP contribution in [-0.2, 0) is 9.59 Å². The van der Waals surface area contributed by atoms with Gasteiger partial charge in [-0.3, -0.25) is 9.59 Å². The predicted molar refractivity (Wildman–Crippen MR) is 46.9 cm³/mol. The third-order valence-electron chi connectivity index (χ3n) is 3.00. The number of hydrogen-bond acceptors (Lipinski definition) is 2. The molecule has 0 aromatic rings. The monoisotopic (exact) mass is 168 g/mol. The zero-order valence-corrected chi connectivity index (χ0v) is 7.85. The molecule has 0 aromatic heterocycles. The number of hydrogen-bond donors (Lipinski definition) is 0. The van der Waals surface area contributed by atoms with Gasteiger partial charge in [0, 0.05) is 12.8 Å². The molecule has 0 heterocycles. The summed E-state index contributed by atoms with van der Waals surface area (Å²) in [6.45, 7) is 3.71. The van der Waals surface area contributed by atoms with Crippen molar-refractivity contribution >= 4 is 11.6 Å². The molecule has 0 spiro atoms. The lowest BCUT2D eigenvalue weighted by Crippen LogP contribution is -2.34. The Balaban J connectivity index is 2.89. The minimum absolute atomic E-state index is 0.146. The molecule has 12 heavy (non-hydrogen) atoms. The van der Waals surface area contributed by atoms with E-state index in [0.717, 1.165) is 12.8 Å². The van der Waals surface area contributed by atoms with E-state index in [2.05, 4.69) is 0 Å². The molecule has 2 nitrogen and oxygen atoms in total. The molecule has 1 saturated carbocycles. The van der Waals surface area contributed by atoms with Crippen molar-refractivity contribution in [2.45, 2.75) is 46.0 Å². The second-order valence-electron chi connectivity index (χ2n) is 3.74. The number of rotatable bonds is 1. The maximum Gasteiger partial charge on any atom is 0.146 e. The van der Waals surface area contributed by atoms with Gasteiger partial charge in [0.25, 0.3) is 0 Å². The van der Waals surface area contributed by atoms with Gasteiger partial charge >= 0.3 is 0 Å². The third kappa shape index (κ3) is 1.43. The fraction of sp³-hybridized carbons (Fsp3) is 0.800. The van der Waals surface area contributed by atoms with Crippen molar-refractivity contribution in [3.63, 3.8) is 0 Å². The van der Waals surface area contributed by atoms with Crippen molar-refractivity contribution < 1.29 is 9.59 Å². The molecule has 2 heteroatoms. The Kier molecular flexibility index (Phi) is 2.65. The van der Waals surface area contributed by atoms with Gasteiger partial charge in [0.05, 0.1) is 5.41 Å². The normalized spacial score (nSPS) is 23.8. The summed E-state index contributed by atoms with van der Waals surface area (Å²) >= 11 is 0. The fourth-order valence-corrected chi connectivity index (χ4v) is 1.67. The molecule has 0 aliphatic heterocycles. The Hall–Kier alpha value is -0.660. The van der Waals surface area contributed by atoms with Crippen LogP contribution in [-0.4, -0.2) is 11.6 Å². The largest absolute Gasteiger partial charge is 0.299 e. The van der Waals surface area contributed by atoms with Gasteiger partial charge in [-0.2, -0.15) is 0 Å². The highest BCUT2D eigenvalue weighted by atomic mass is 16.2. The Labute approximate surface area is 73.3 Å². The van der Waals surface area contributed by atoms with Crippen LogP contribution in [0.4, 0.5) is 0 Å². The molecular weight excluding hydrogens is 152 g/mol. The first-order valence-electron chi connectivity index (χ1n) is 4.68. The second kappa shape index (κ2) is 3.38. The van der Waals surface area contributed by atoms with Crippen molar-refractivity contribution in [3.8, 4) is 0 Å². The molecule has 0 amide bonds. The van der Waals surface area contributed by atoms with Crippen LogP contribution in [0.5, 0.6) is 0 Å². The summed E-state index contributed by atoms with van der Waals surface area (Å²) in [5.41, 5.74) is -0.656. The lowest BCUT2D eigenvalue weighted by Gasteiger charge is -2.22. The minimum Gasteiger partial charge on any atom is -0.299 e. The van der Waals surface area contributed by atoms with E-state index in [9.17, 15) is 9.59 Å². The summed E-state index contributed by atoms with van der Waals surface area (Å²) in [4.78, 5) is 23.1. The van der Waals surface area contributed by atoms with E-state index in [4.69, 9.17) is 0 Å². The molecular formula is C10H16O2. The topological polar surface area (TPSA) is 34.1 Å². The van der Waals surface area contributed by atoms with Gasteiger partial charge in [-0.15, -0.1) is 0 Å². The smallest absolute Gasteiger partial charge is 0.146 e. The number of ketones is 2. The molecule has 0 N–H and O–H groups in total.